The summed E-state index contributed by atoms with van der Waals surface area (Å²) >= 11 is 1.35. The number of carbonyl (C=O) groups excluding carboxylic acids is 1. The average Bonchev–Trinajstić information content (AvgIpc) is 2.75. The number of aliphatic hydroxyl groups excluding tert-OH is 1. The molecule has 1 amide bonds. The third-order valence-electron chi connectivity index (χ3n) is 6.54. The number of rotatable bonds is 13. The van der Waals surface area contributed by atoms with Gasteiger partial charge in [0.05, 0.1) is 12.7 Å². The predicted molar refractivity (Wildman–Crippen MR) is 144 cm³/mol. The number of benzene rings is 1. The van der Waals surface area contributed by atoms with Crippen LogP contribution in [0.2, 0.25) is 0 Å². The van der Waals surface area contributed by atoms with Gasteiger partial charge in [-0.15, -0.1) is 11.8 Å². The number of hydrogen-bond acceptors (Lipinski definition) is 4. The smallest absolute Gasteiger partial charge is 0.251 e. The van der Waals surface area contributed by atoms with Gasteiger partial charge in [-0.1, -0.05) is 54.9 Å². The summed E-state index contributed by atoms with van der Waals surface area (Å²) in [6, 6.07) is 2.69. The molecule has 8 heteroatoms. The van der Waals surface area contributed by atoms with Crippen molar-refractivity contribution in [3.05, 3.63) is 35.4 Å². The number of nitrogens with zero attached hydrogens (tertiary/aromatic N) is 1. The van der Waals surface area contributed by atoms with Gasteiger partial charge in [-0.05, 0) is 54.7 Å². The second-order valence-electron chi connectivity index (χ2n) is 11.8. The molecular formula is C28H45F3N2O2S. The maximum absolute atomic E-state index is 14.2. The summed E-state index contributed by atoms with van der Waals surface area (Å²) in [5.74, 6) is -1.61. The van der Waals surface area contributed by atoms with Crippen LogP contribution in [0, 0.1) is 33.8 Å². The molecule has 0 heterocycles. The highest BCUT2D eigenvalue weighted by Crippen LogP contribution is 2.35. The molecule has 36 heavy (non-hydrogen) atoms. The summed E-state index contributed by atoms with van der Waals surface area (Å²) < 4.78 is 41.8. The number of carbonyl (C=O) groups is 1. The van der Waals surface area contributed by atoms with Gasteiger partial charge < -0.3 is 15.4 Å². The van der Waals surface area contributed by atoms with Gasteiger partial charge in [0.15, 0.2) is 0 Å². The zero-order chi connectivity index (χ0) is 27.8. The zero-order valence-electron chi connectivity index (χ0n) is 23.1. The second kappa shape index (κ2) is 13.8. The molecule has 0 fully saturated rings. The third-order valence-corrected chi connectivity index (χ3v) is 7.91. The highest BCUT2D eigenvalue weighted by Gasteiger charge is 2.40. The van der Waals surface area contributed by atoms with Gasteiger partial charge in [0.2, 0.25) is 0 Å². The average molecular weight is 531 g/mol. The first-order valence-corrected chi connectivity index (χ1v) is 13.8. The second-order valence-corrected chi connectivity index (χ2v) is 13.0. The monoisotopic (exact) mass is 530 g/mol. The van der Waals surface area contributed by atoms with Crippen LogP contribution in [0.25, 0.3) is 0 Å². The number of aliphatic hydroxyl groups is 1. The van der Waals surface area contributed by atoms with E-state index in [2.05, 4.69) is 0 Å². The highest BCUT2D eigenvalue weighted by molar-refractivity contribution is 7.99. The number of amides is 1. The van der Waals surface area contributed by atoms with E-state index in [1.54, 1.807) is 0 Å². The first-order valence-electron chi connectivity index (χ1n) is 12.7. The lowest BCUT2D eigenvalue weighted by atomic mass is 9.78. The number of alkyl halides is 1. The van der Waals surface area contributed by atoms with E-state index >= 15 is 0 Å². The summed E-state index contributed by atoms with van der Waals surface area (Å²) in [6.07, 6.45) is 0.526. The zero-order valence-corrected chi connectivity index (χ0v) is 23.9. The van der Waals surface area contributed by atoms with Gasteiger partial charge in [0.25, 0.3) is 5.91 Å². The van der Waals surface area contributed by atoms with E-state index in [4.69, 9.17) is 0 Å². The Morgan fingerprint density at radius 1 is 1.11 bits per heavy atom. The molecule has 0 saturated carbocycles. The molecule has 1 aromatic rings. The largest absolute Gasteiger partial charge is 0.384 e. The van der Waals surface area contributed by atoms with Crippen molar-refractivity contribution in [3.63, 3.8) is 0 Å². The quantitative estimate of drug-likeness (QED) is 0.269. The van der Waals surface area contributed by atoms with Crippen molar-refractivity contribution < 1.29 is 23.1 Å². The standard InChI is InChI=1S/C28H45F3N2O2S/c1-9-10-23(36-17-19-15-21(30)11-12-22(19)31)24(32)25(28(6,7)8)33(26(35)18(2)34)14-13-20(16-29)27(3,4)5/h11-12,15,18,20,23,25,32,34H,9-10,13-14,16-17H2,1-8H3. The highest BCUT2D eigenvalue weighted by atomic mass is 32.2. The summed E-state index contributed by atoms with van der Waals surface area (Å²) in [6.45, 7) is 14.8. The molecule has 0 aliphatic carbocycles. The molecule has 0 aliphatic heterocycles. The van der Waals surface area contributed by atoms with Crippen LogP contribution in [0.15, 0.2) is 18.2 Å². The molecule has 1 rings (SSSR count). The van der Waals surface area contributed by atoms with Crippen LogP contribution in [-0.4, -0.2) is 52.2 Å². The Kier molecular flexibility index (Phi) is 12.5. The van der Waals surface area contributed by atoms with Crippen molar-refractivity contribution in [3.8, 4) is 0 Å². The Bertz CT molecular complexity index is 865. The SMILES string of the molecule is CCCC(SCc1cc(F)ccc1F)C(=N)C(N(CCC(CF)C(C)(C)C)C(=O)C(C)O)C(C)(C)C. The molecule has 0 bridgehead atoms. The fourth-order valence-electron chi connectivity index (χ4n) is 4.36. The summed E-state index contributed by atoms with van der Waals surface area (Å²) in [5, 5.41) is 19.1. The molecule has 4 unspecified atom stereocenters. The van der Waals surface area contributed by atoms with Crippen LogP contribution in [0.4, 0.5) is 13.2 Å². The molecule has 0 saturated heterocycles. The van der Waals surface area contributed by atoms with E-state index < -0.39 is 41.8 Å². The van der Waals surface area contributed by atoms with Gasteiger partial charge in [-0.25, -0.2) is 8.78 Å². The molecule has 0 aliphatic rings. The topological polar surface area (TPSA) is 64.4 Å². The van der Waals surface area contributed by atoms with Crippen LogP contribution in [-0.2, 0) is 10.5 Å². The van der Waals surface area contributed by atoms with Gasteiger partial charge in [0.1, 0.15) is 17.7 Å². The Balaban J connectivity index is 3.33. The Morgan fingerprint density at radius 3 is 2.19 bits per heavy atom. The Hall–Kier alpha value is -1.54. The predicted octanol–water partition coefficient (Wildman–Crippen LogP) is 7.03. The molecule has 2 N–H and O–H groups in total. The van der Waals surface area contributed by atoms with Crippen molar-refractivity contribution in [2.75, 3.05) is 13.2 Å². The number of hydrogen-bond donors (Lipinski definition) is 2. The Morgan fingerprint density at radius 2 is 1.72 bits per heavy atom. The van der Waals surface area contributed by atoms with Gasteiger partial charge >= 0.3 is 0 Å². The number of nitrogens with one attached hydrogen (secondary N) is 1. The lowest BCUT2D eigenvalue weighted by Crippen LogP contribution is -2.56. The molecular weight excluding hydrogens is 485 g/mol. The maximum Gasteiger partial charge on any atom is 0.251 e. The van der Waals surface area contributed by atoms with Crippen molar-refractivity contribution >= 4 is 23.4 Å². The van der Waals surface area contributed by atoms with Crippen molar-refractivity contribution in [1.29, 1.82) is 5.41 Å². The summed E-state index contributed by atoms with van der Waals surface area (Å²) in [4.78, 5) is 14.8. The number of thioether (sulfide) groups is 1. The number of halogens is 3. The molecule has 0 radical (unpaired) electrons. The van der Waals surface area contributed by atoms with Crippen molar-refractivity contribution in [1.82, 2.24) is 4.90 Å². The van der Waals surface area contributed by atoms with E-state index in [0.29, 0.717) is 18.6 Å². The molecule has 0 spiro atoms. The van der Waals surface area contributed by atoms with Gasteiger partial charge in [-0.3, -0.25) is 9.18 Å². The van der Waals surface area contributed by atoms with Gasteiger partial charge in [0, 0.05) is 28.8 Å². The molecule has 4 atom stereocenters. The van der Waals surface area contributed by atoms with Crippen molar-refractivity contribution in [2.24, 2.45) is 16.7 Å². The van der Waals surface area contributed by atoms with Crippen LogP contribution < -0.4 is 0 Å². The van der Waals surface area contributed by atoms with E-state index in [-0.39, 0.29) is 34.4 Å². The lowest BCUT2D eigenvalue weighted by molar-refractivity contribution is -0.142. The molecule has 4 nitrogen and oxygen atoms in total. The molecule has 206 valence electrons. The fourth-order valence-corrected chi connectivity index (χ4v) is 5.67. The molecule has 0 aromatic heterocycles. The van der Waals surface area contributed by atoms with Crippen LogP contribution >= 0.6 is 11.8 Å². The lowest BCUT2D eigenvalue weighted by Gasteiger charge is -2.44. The van der Waals surface area contributed by atoms with E-state index in [1.807, 2.05) is 48.5 Å². The van der Waals surface area contributed by atoms with E-state index in [9.17, 15) is 28.5 Å². The van der Waals surface area contributed by atoms with Crippen LogP contribution in [0.3, 0.4) is 0 Å². The van der Waals surface area contributed by atoms with E-state index in [0.717, 1.165) is 18.6 Å². The minimum atomic E-state index is -1.26. The minimum absolute atomic E-state index is 0.186. The first-order chi connectivity index (χ1) is 16.5. The van der Waals surface area contributed by atoms with E-state index in [1.165, 1.54) is 29.7 Å². The first kappa shape index (κ1) is 32.5. The van der Waals surface area contributed by atoms with Crippen molar-refractivity contribution in [2.45, 2.75) is 97.8 Å². The summed E-state index contributed by atoms with van der Waals surface area (Å²) in [5.41, 5.74) is -0.318. The van der Waals surface area contributed by atoms with Gasteiger partial charge in [-0.2, -0.15) is 0 Å². The Labute approximate surface area is 219 Å². The van der Waals surface area contributed by atoms with Crippen LogP contribution in [0.5, 0.6) is 0 Å². The third kappa shape index (κ3) is 9.40. The maximum atomic E-state index is 14.2. The normalized spacial score (nSPS) is 15.8. The van der Waals surface area contributed by atoms with Crippen LogP contribution in [0.1, 0.15) is 80.2 Å². The minimum Gasteiger partial charge on any atom is -0.384 e. The fraction of sp³-hybridized carbons (Fsp3) is 0.714. The summed E-state index contributed by atoms with van der Waals surface area (Å²) in [7, 11) is 0. The molecule has 1 aromatic carbocycles.